The van der Waals surface area contributed by atoms with Crippen molar-refractivity contribution in [3.05, 3.63) is 29.8 Å². The predicted octanol–water partition coefficient (Wildman–Crippen LogP) is 1.83. The minimum atomic E-state index is -0.941. The largest absolute Gasteiger partial charge is 0.493 e. The molecule has 4 nitrogen and oxygen atoms in total. The molecule has 0 saturated carbocycles. The second kappa shape index (κ2) is 5.68. The van der Waals surface area contributed by atoms with Crippen LogP contribution in [0.15, 0.2) is 24.3 Å². The van der Waals surface area contributed by atoms with Crippen molar-refractivity contribution in [2.45, 2.75) is 25.8 Å². The minimum Gasteiger partial charge on any atom is -0.493 e. The summed E-state index contributed by atoms with van der Waals surface area (Å²) in [7, 11) is 1.64. The number of benzene rings is 1. The summed E-state index contributed by atoms with van der Waals surface area (Å²) in [5.74, 6) is -0.0957. The van der Waals surface area contributed by atoms with Crippen LogP contribution >= 0.6 is 0 Å². The van der Waals surface area contributed by atoms with Crippen LogP contribution in [0.1, 0.15) is 18.9 Å². The van der Waals surface area contributed by atoms with Crippen molar-refractivity contribution in [2.24, 2.45) is 0 Å². The number of carbonyl (C=O) groups is 1. The highest BCUT2D eigenvalue weighted by Crippen LogP contribution is 2.15. The lowest BCUT2D eigenvalue weighted by atomic mass is 9.99. The van der Waals surface area contributed by atoms with Crippen LogP contribution in [0.25, 0.3) is 0 Å². The molecule has 0 bridgehead atoms. The van der Waals surface area contributed by atoms with Gasteiger partial charge in [0.05, 0.1) is 6.61 Å². The van der Waals surface area contributed by atoms with Crippen molar-refractivity contribution in [2.75, 3.05) is 13.7 Å². The number of hydrogen-bond donors (Lipinski definition) is 2. The number of hydrogen-bond acceptors (Lipinski definition) is 3. The summed E-state index contributed by atoms with van der Waals surface area (Å²) in [6.45, 7) is 4.00. The van der Waals surface area contributed by atoms with Crippen LogP contribution < -0.4 is 10.1 Å². The molecule has 1 atom stereocenters. The van der Waals surface area contributed by atoms with Gasteiger partial charge >= 0.3 is 5.97 Å². The van der Waals surface area contributed by atoms with Crippen LogP contribution in [-0.4, -0.2) is 30.3 Å². The maximum atomic E-state index is 11.0. The summed E-state index contributed by atoms with van der Waals surface area (Å²) in [6, 6.07) is 7.70. The summed E-state index contributed by atoms with van der Waals surface area (Å²) in [4.78, 5) is 11.0. The fourth-order valence-corrected chi connectivity index (χ4v) is 1.42. The van der Waals surface area contributed by atoms with Gasteiger partial charge in [0, 0.05) is 6.42 Å². The second-order valence-corrected chi connectivity index (χ2v) is 4.30. The SMILES string of the molecule is CNC(C)(CCOc1cccc(C)c1)C(=O)O. The normalized spacial score (nSPS) is 14.1. The number of nitrogens with one attached hydrogen (secondary N) is 1. The molecule has 4 heteroatoms. The van der Waals surface area contributed by atoms with E-state index in [0.29, 0.717) is 13.0 Å². The van der Waals surface area contributed by atoms with Crippen LogP contribution in [0.4, 0.5) is 0 Å². The van der Waals surface area contributed by atoms with Gasteiger partial charge in [-0.2, -0.15) is 0 Å². The van der Waals surface area contributed by atoms with E-state index in [0.717, 1.165) is 11.3 Å². The smallest absolute Gasteiger partial charge is 0.323 e. The monoisotopic (exact) mass is 237 g/mol. The van der Waals surface area contributed by atoms with Crippen molar-refractivity contribution in [1.82, 2.24) is 5.32 Å². The van der Waals surface area contributed by atoms with Gasteiger partial charge in [0.15, 0.2) is 0 Å². The number of likely N-dealkylation sites (N-methyl/N-ethyl adjacent to an activating group) is 1. The molecule has 0 saturated heterocycles. The number of carboxylic acids is 1. The van der Waals surface area contributed by atoms with Gasteiger partial charge in [0.25, 0.3) is 0 Å². The lowest BCUT2D eigenvalue weighted by Crippen LogP contribution is -2.48. The molecule has 0 aliphatic heterocycles. The third-order valence-corrected chi connectivity index (χ3v) is 2.88. The number of ether oxygens (including phenoxy) is 1. The molecular weight excluding hydrogens is 218 g/mol. The van der Waals surface area contributed by atoms with Crippen molar-refractivity contribution in [3.8, 4) is 5.75 Å². The van der Waals surface area contributed by atoms with E-state index >= 15 is 0 Å². The van der Waals surface area contributed by atoms with E-state index in [4.69, 9.17) is 9.84 Å². The number of aryl methyl sites for hydroxylation is 1. The Labute approximate surface area is 102 Å². The molecule has 0 radical (unpaired) electrons. The molecule has 1 unspecified atom stereocenters. The van der Waals surface area contributed by atoms with Crippen molar-refractivity contribution in [1.29, 1.82) is 0 Å². The molecule has 1 aromatic carbocycles. The van der Waals surface area contributed by atoms with Gasteiger partial charge in [-0.15, -0.1) is 0 Å². The third-order valence-electron chi connectivity index (χ3n) is 2.88. The standard InChI is InChI=1S/C13H19NO3/c1-10-5-4-6-11(9-10)17-8-7-13(2,14-3)12(15)16/h4-6,9,14H,7-8H2,1-3H3,(H,15,16). The molecule has 17 heavy (non-hydrogen) atoms. The molecule has 0 amide bonds. The van der Waals surface area contributed by atoms with E-state index < -0.39 is 11.5 Å². The Kier molecular flexibility index (Phi) is 4.52. The van der Waals surface area contributed by atoms with Crippen molar-refractivity contribution in [3.63, 3.8) is 0 Å². The predicted molar refractivity (Wildman–Crippen MR) is 66.4 cm³/mol. The quantitative estimate of drug-likeness (QED) is 0.792. The molecule has 0 fully saturated rings. The Hall–Kier alpha value is -1.55. The Morgan fingerprint density at radius 3 is 2.76 bits per heavy atom. The van der Waals surface area contributed by atoms with E-state index in [1.54, 1.807) is 14.0 Å². The first-order valence-corrected chi connectivity index (χ1v) is 5.60. The molecule has 0 heterocycles. The first-order chi connectivity index (χ1) is 7.98. The van der Waals surface area contributed by atoms with E-state index in [2.05, 4.69) is 5.32 Å². The third kappa shape index (κ3) is 3.75. The topological polar surface area (TPSA) is 58.6 Å². The number of rotatable bonds is 6. The van der Waals surface area contributed by atoms with Gasteiger partial charge in [-0.3, -0.25) is 4.79 Å². The minimum absolute atomic E-state index is 0.368. The van der Waals surface area contributed by atoms with E-state index in [9.17, 15) is 4.79 Å². The maximum Gasteiger partial charge on any atom is 0.323 e. The van der Waals surface area contributed by atoms with E-state index in [1.807, 2.05) is 31.2 Å². The summed E-state index contributed by atoms with van der Waals surface area (Å²) >= 11 is 0. The Bertz CT molecular complexity index is 392. The van der Waals surface area contributed by atoms with E-state index in [1.165, 1.54) is 0 Å². The highest BCUT2D eigenvalue weighted by Gasteiger charge is 2.30. The average Bonchev–Trinajstić information content (AvgIpc) is 2.28. The maximum absolute atomic E-state index is 11.0. The summed E-state index contributed by atoms with van der Waals surface area (Å²) in [6.07, 6.45) is 0.409. The van der Waals surface area contributed by atoms with Gasteiger partial charge in [-0.1, -0.05) is 12.1 Å². The fourth-order valence-electron chi connectivity index (χ4n) is 1.42. The van der Waals surface area contributed by atoms with Crippen LogP contribution in [-0.2, 0) is 4.79 Å². The lowest BCUT2D eigenvalue weighted by Gasteiger charge is -2.23. The van der Waals surface area contributed by atoms with Crippen molar-refractivity contribution >= 4 is 5.97 Å². The second-order valence-electron chi connectivity index (χ2n) is 4.30. The Balaban J connectivity index is 2.50. The molecule has 0 aliphatic rings. The first-order valence-electron chi connectivity index (χ1n) is 5.60. The summed E-state index contributed by atoms with van der Waals surface area (Å²) in [5.41, 5.74) is 0.182. The zero-order valence-electron chi connectivity index (χ0n) is 10.5. The van der Waals surface area contributed by atoms with Gasteiger partial charge in [-0.25, -0.2) is 0 Å². The van der Waals surface area contributed by atoms with Crippen LogP contribution in [0.3, 0.4) is 0 Å². The van der Waals surface area contributed by atoms with E-state index in [-0.39, 0.29) is 0 Å². The molecule has 1 aromatic rings. The number of carboxylic acid groups (broad SMARTS) is 1. The zero-order chi connectivity index (χ0) is 12.9. The molecule has 94 valence electrons. The van der Waals surface area contributed by atoms with Crippen molar-refractivity contribution < 1.29 is 14.6 Å². The average molecular weight is 237 g/mol. The highest BCUT2D eigenvalue weighted by molar-refractivity contribution is 5.78. The molecule has 1 rings (SSSR count). The van der Waals surface area contributed by atoms with Gasteiger partial charge in [0.1, 0.15) is 11.3 Å². The molecule has 2 N–H and O–H groups in total. The van der Waals surface area contributed by atoms with Gasteiger partial charge < -0.3 is 15.2 Å². The Morgan fingerprint density at radius 1 is 1.53 bits per heavy atom. The van der Waals surface area contributed by atoms with Crippen LogP contribution in [0.2, 0.25) is 0 Å². The van der Waals surface area contributed by atoms with Gasteiger partial charge in [0.2, 0.25) is 0 Å². The first kappa shape index (κ1) is 13.5. The number of aliphatic carboxylic acids is 1. The van der Waals surface area contributed by atoms with Gasteiger partial charge in [-0.05, 0) is 38.6 Å². The summed E-state index contributed by atoms with van der Waals surface area (Å²) in [5, 5.41) is 11.9. The molecule has 0 aromatic heterocycles. The zero-order valence-corrected chi connectivity index (χ0v) is 10.5. The molecule has 0 spiro atoms. The molecular formula is C13H19NO3. The highest BCUT2D eigenvalue weighted by atomic mass is 16.5. The summed E-state index contributed by atoms with van der Waals surface area (Å²) < 4.78 is 5.53. The fraction of sp³-hybridized carbons (Fsp3) is 0.462. The van der Waals surface area contributed by atoms with Crippen LogP contribution in [0.5, 0.6) is 5.75 Å². The molecule has 0 aliphatic carbocycles. The van der Waals surface area contributed by atoms with Crippen LogP contribution in [0, 0.1) is 6.92 Å². The lowest BCUT2D eigenvalue weighted by molar-refractivity contribution is -0.144. The Morgan fingerprint density at radius 2 is 2.24 bits per heavy atom.